The average molecular weight is 231 g/mol. The maximum absolute atomic E-state index is 11.8. The van der Waals surface area contributed by atoms with Gasteiger partial charge in [-0.25, -0.2) is 0 Å². The molecular weight excluding hydrogens is 206 g/mol. The van der Waals surface area contributed by atoms with E-state index in [2.05, 4.69) is 11.8 Å². The van der Waals surface area contributed by atoms with Gasteiger partial charge in [-0.05, 0) is 20.5 Å². The summed E-state index contributed by atoms with van der Waals surface area (Å²) >= 11 is 0. The van der Waals surface area contributed by atoms with Crippen LogP contribution in [0.5, 0.6) is 0 Å². The van der Waals surface area contributed by atoms with E-state index in [1.165, 1.54) is 0 Å². The molecule has 0 saturated carbocycles. The molecule has 0 unspecified atom stereocenters. The number of hydrogen-bond donors (Lipinski definition) is 1. The number of likely N-dealkylation sites (N-methyl/N-ethyl adjacent to an activating group) is 1. The van der Waals surface area contributed by atoms with Crippen LogP contribution in [0.3, 0.4) is 0 Å². The summed E-state index contributed by atoms with van der Waals surface area (Å²) in [5.41, 5.74) is 5.29. The van der Waals surface area contributed by atoms with E-state index in [1.807, 2.05) is 19.0 Å². The van der Waals surface area contributed by atoms with Crippen LogP contribution in [0.4, 0.5) is 0 Å². The predicted octanol–water partition coefficient (Wildman–Crippen LogP) is -0.238. The number of carbonyl (C=O) groups excluding carboxylic acids is 1. The van der Waals surface area contributed by atoms with E-state index >= 15 is 0 Å². The van der Waals surface area contributed by atoms with Crippen molar-refractivity contribution < 1.29 is 9.53 Å². The van der Waals surface area contributed by atoms with Gasteiger partial charge in [-0.3, -0.25) is 4.79 Å². The van der Waals surface area contributed by atoms with Crippen molar-refractivity contribution in [2.45, 2.75) is 13.3 Å². The van der Waals surface area contributed by atoms with E-state index in [1.54, 1.807) is 0 Å². The predicted molar refractivity (Wildman–Crippen MR) is 65.3 cm³/mol. The summed E-state index contributed by atoms with van der Waals surface area (Å²) in [4.78, 5) is 15.7. The summed E-state index contributed by atoms with van der Waals surface area (Å²) in [5, 5.41) is 0. The third-order valence-corrected chi connectivity index (χ3v) is 2.15. The molecule has 0 aromatic heterocycles. The van der Waals surface area contributed by atoms with Crippen LogP contribution >= 0.6 is 0 Å². The topological polar surface area (TPSA) is 58.8 Å². The molecule has 2 N–H and O–H groups in total. The first-order valence-electron chi connectivity index (χ1n) is 5.82. The van der Waals surface area contributed by atoms with Crippen LogP contribution in [0.15, 0.2) is 0 Å². The number of amides is 1. The Morgan fingerprint density at radius 2 is 1.94 bits per heavy atom. The monoisotopic (exact) mass is 231 g/mol. The van der Waals surface area contributed by atoms with Crippen molar-refractivity contribution in [1.82, 2.24) is 9.80 Å². The van der Waals surface area contributed by atoms with Gasteiger partial charge in [0, 0.05) is 26.2 Å². The summed E-state index contributed by atoms with van der Waals surface area (Å²) in [6, 6.07) is 0. The molecule has 0 fully saturated rings. The second-order valence-electron chi connectivity index (χ2n) is 4.03. The van der Waals surface area contributed by atoms with Crippen molar-refractivity contribution in [1.29, 1.82) is 0 Å². The zero-order valence-electron chi connectivity index (χ0n) is 10.7. The third-order valence-electron chi connectivity index (χ3n) is 2.15. The highest BCUT2D eigenvalue weighted by Crippen LogP contribution is 1.94. The molecule has 0 aliphatic rings. The fourth-order valence-electron chi connectivity index (χ4n) is 1.29. The Bertz CT molecular complexity index is 186. The average Bonchev–Trinajstić information content (AvgIpc) is 2.24. The third kappa shape index (κ3) is 7.62. The van der Waals surface area contributed by atoms with Gasteiger partial charge in [0.1, 0.15) is 6.61 Å². The molecular formula is C11H25N3O2. The SMILES string of the molecule is CCCN(CCN(C)C)C(=O)COCCN. The van der Waals surface area contributed by atoms with Crippen LogP contribution < -0.4 is 5.73 Å². The molecule has 0 aliphatic heterocycles. The fraction of sp³-hybridized carbons (Fsp3) is 0.909. The van der Waals surface area contributed by atoms with E-state index in [9.17, 15) is 4.79 Å². The van der Waals surface area contributed by atoms with Crippen molar-refractivity contribution >= 4 is 5.91 Å². The summed E-state index contributed by atoms with van der Waals surface area (Å²) in [7, 11) is 4.00. The molecule has 16 heavy (non-hydrogen) atoms. The summed E-state index contributed by atoms with van der Waals surface area (Å²) in [5.74, 6) is 0.0529. The lowest BCUT2D eigenvalue weighted by atomic mass is 10.3. The minimum absolute atomic E-state index is 0.0529. The number of rotatable bonds is 9. The lowest BCUT2D eigenvalue weighted by Gasteiger charge is -2.23. The molecule has 0 aromatic carbocycles. The van der Waals surface area contributed by atoms with Crippen LogP contribution in [-0.4, -0.2) is 69.2 Å². The van der Waals surface area contributed by atoms with E-state index in [0.717, 1.165) is 26.1 Å². The Morgan fingerprint density at radius 1 is 1.25 bits per heavy atom. The molecule has 0 heterocycles. The summed E-state index contributed by atoms with van der Waals surface area (Å²) in [6.45, 7) is 5.53. The molecule has 1 amide bonds. The highest BCUT2D eigenvalue weighted by atomic mass is 16.5. The van der Waals surface area contributed by atoms with Crippen LogP contribution in [0, 0.1) is 0 Å². The van der Waals surface area contributed by atoms with Crippen molar-refractivity contribution in [3.05, 3.63) is 0 Å². The van der Waals surface area contributed by atoms with E-state index < -0.39 is 0 Å². The summed E-state index contributed by atoms with van der Waals surface area (Å²) < 4.78 is 5.15. The van der Waals surface area contributed by atoms with Gasteiger partial charge in [0.05, 0.1) is 6.61 Å². The first-order valence-corrected chi connectivity index (χ1v) is 5.82. The Balaban J connectivity index is 3.92. The molecule has 0 aromatic rings. The number of carbonyl (C=O) groups is 1. The van der Waals surface area contributed by atoms with Gasteiger partial charge in [0.15, 0.2) is 0 Å². The van der Waals surface area contributed by atoms with E-state index in [0.29, 0.717) is 13.2 Å². The zero-order valence-corrected chi connectivity index (χ0v) is 10.7. The van der Waals surface area contributed by atoms with Crippen molar-refractivity contribution in [3.8, 4) is 0 Å². The lowest BCUT2D eigenvalue weighted by molar-refractivity contribution is -0.136. The van der Waals surface area contributed by atoms with Crippen LogP contribution in [-0.2, 0) is 9.53 Å². The molecule has 0 rings (SSSR count). The molecule has 96 valence electrons. The second kappa shape index (κ2) is 9.57. The van der Waals surface area contributed by atoms with Gasteiger partial charge in [0.25, 0.3) is 0 Å². The van der Waals surface area contributed by atoms with Crippen molar-refractivity contribution in [3.63, 3.8) is 0 Å². The van der Waals surface area contributed by atoms with Crippen LogP contribution in [0.2, 0.25) is 0 Å². The molecule has 0 atom stereocenters. The highest BCUT2D eigenvalue weighted by molar-refractivity contribution is 5.77. The van der Waals surface area contributed by atoms with Gasteiger partial charge < -0.3 is 20.3 Å². The molecule has 0 radical (unpaired) electrons. The number of hydrogen-bond acceptors (Lipinski definition) is 4. The molecule has 5 nitrogen and oxygen atoms in total. The quantitative estimate of drug-likeness (QED) is 0.557. The maximum atomic E-state index is 11.8. The number of nitrogens with two attached hydrogens (primary N) is 1. The number of nitrogens with zero attached hydrogens (tertiary/aromatic N) is 2. The Labute approximate surface area is 98.5 Å². The Morgan fingerprint density at radius 3 is 2.44 bits per heavy atom. The Hall–Kier alpha value is -0.650. The smallest absolute Gasteiger partial charge is 0.248 e. The molecule has 0 saturated heterocycles. The van der Waals surface area contributed by atoms with Crippen LogP contribution in [0.25, 0.3) is 0 Å². The highest BCUT2D eigenvalue weighted by Gasteiger charge is 2.12. The normalized spacial score (nSPS) is 10.8. The first kappa shape index (κ1) is 15.3. The maximum Gasteiger partial charge on any atom is 0.248 e. The molecule has 0 spiro atoms. The van der Waals surface area contributed by atoms with Crippen LogP contribution in [0.1, 0.15) is 13.3 Å². The fourth-order valence-corrected chi connectivity index (χ4v) is 1.29. The number of ether oxygens (including phenoxy) is 1. The van der Waals surface area contributed by atoms with Crippen molar-refractivity contribution in [2.24, 2.45) is 5.73 Å². The van der Waals surface area contributed by atoms with Gasteiger partial charge in [0.2, 0.25) is 5.91 Å². The van der Waals surface area contributed by atoms with E-state index in [-0.39, 0.29) is 12.5 Å². The largest absolute Gasteiger partial charge is 0.370 e. The minimum atomic E-state index is 0.0529. The summed E-state index contributed by atoms with van der Waals surface area (Å²) in [6.07, 6.45) is 0.968. The second-order valence-corrected chi connectivity index (χ2v) is 4.03. The molecule has 0 aliphatic carbocycles. The van der Waals surface area contributed by atoms with Crippen molar-refractivity contribution in [2.75, 3.05) is 53.5 Å². The van der Waals surface area contributed by atoms with E-state index in [4.69, 9.17) is 10.5 Å². The van der Waals surface area contributed by atoms with Gasteiger partial charge in [-0.15, -0.1) is 0 Å². The molecule has 5 heteroatoms. The Kier molecular flexibility index (Phi) is 9.18. The zero-order chi connectivity index (χ0) is 12.4. The lowest BCUT2D eigenvalue weighted by Crippen LogP contribution is -2.39. The standard InChI is InChI=1S/C11H25N3O2/c1-4-6-14(8-7-13(2)3)11(15)10-16-9-5-12/h4-10,12H2,1-3H3. The minimum Gasteiger partial charge on any atom is -0.370 e. The molecule has 0 bridgehead atoms. The van der Waals surface area contributed by atoms with Gasteiger partial charge >= 0.3 is 0 Å². The first-order chi connectivity index (χ1) is 7.61. The van der Waals surface area contributed by atoms with Gasteiger partial charge in [-0.1, -0.05) is 6.92 Å². The van der Waals surface area contributed by atoms with Gasteiger partial charge in [-0.2, -0.15) is 0 Å².